The Labute approximate surface area is 124 Å². The van der Waals surface area contributed by atoms with Crippen molar-refractivity contribution in [3.05, 3.63) is 29.6 Å². The highest BCUT2D eigenvalue weighted by molar-refractivity contribution is 5.93. The molecule has 5 nitrogen and oxygen atoms in total. The Morgan fingerprint density at radius 3 is 2.67 bits per heavy atom. The summed E-state index contributed by atoms with van der Waals surface area (Å²) in [6.45, 7) is 2.02. The molecular formula is C16H22N2O3. The minimum atomic E-state index is -0.868. The molecule has 5 heteroatoms. The van der Waals surface area contributed by atoms with Crippen molar-refractivity contribution >= 4 is 11.9 Å². The van der Waals surface area contributed by atoms with Crippen LogP contribution in [0, 0.1) is 0 Å². The molecule has 0 aliphatic heterocycles. The minimum absolute atomic E-state index is 0.0216. The standard InChI is InChI=1S/C16H22N2O3/c1-2-12-6-9-17-13(10-12)15(21)18-16(11-14(19)20)7-4-3-5-8-16/h6,9-10H,2-5,7-8,11H2,1H3,(H,18,21)(H,19,20). The van der Waals surface area contributed by atoms with E-state index in [-0.39, 0.29) is 12.3 Å². The first kappa shape index (κ1) is 15.5. The highest BCUT2D eigenvalue weighted by Crippen LogP contribution is 2.31. The van der Waals surface area contributed by atoms with Gasteiger partial charge >= 0.3 is 5.97 Å². The lowest BCUT2D eigenvalue weighted by Crippen LogP contribution is -2.51. The van der Waals surface area contributed by atoms with Crippen LogP contribution in [0.25, 0.3) is 0 Å². The maximum absolute atomic E-state index is 12.4. The van der Waals surface area contributed by atoms with E-state index in [1.54, 1.807) is 12.3 Å². The number of carbonyl (C=O) groups is 2. The normalized spacial score (nSPS) is 17.2. The van der Waals surface area contributed by atoms with Crippen molar-refractivity contribution in [3.63, 3.8) is 0 Å². The van der Waals surface area contributed by atoms with E-state index in [9.17, 15) is 9.59 Å². The van der Waals surface area contributed by atoms with Gasteiger partial charge in [0, 0.05) is 6.20 Å². The summed E-state index contributed by atoms with van der Waals surface area (Å²) in [6, 6.07) is 3.65. The molecule has 1 heterocycles. The highest BCUT2D eigenvalue weighted by Gasteiger charge is 2.36. The Morgan fingerprint density at radius 1 is 1.33 bits per heavy atom. The zero-order valence-corrected chi connectivity index (χ0v) is 12.4. The lowest BCUT2D eigenvalue weighted by atomic mass is 9.79. The number of hydrogen-bond acceptors (Lipinski definition) is 3. The number of nitrogens with one attached hydrogen (secondary N) is 1. The van der Waals surface area contributed by atoms with E-state index in [4.69, 9.17) is 5.11 Å². The molecule has 1 aliphatic rings. The molecule has 0 spiro atoms. The van der Waals surface area contributed by atoms with Crippen LogP contribution in [0.5, 0.6) is 0 Å². The molecule has 1 saturated carbocycles. The van der Waals surface area contributed by atoms with E-state index in [2.05, 4.69) is 10.3 Å². The third-order valence-electron chi connectivity index (χ3n) is 4.14. The Hall–Kier alpha value is -1.91. The van der Waals surface area contributed by atoms with E-state index in [0.717, 1.165) is 44.1 Å². The van der Waals surface area contributed by atoms with E-state index < -0.39 is 11.5 Å². The predicted molar refractivity (Wildman–Crippen MR) is 79.2 cm³/mol. The monoisotopic (exact) mass is 290 g/mol. The molecule has 2 rings (SSSR count). The number of carbonyl (C=O) groups excluding carboxylic acids is 1. The van der Waals surface area contributed by atoms with Crippen LogP contribution in [-0.4, -0.2) is 27.5 Å². The molecule has 1 amide bonds. The van der Waals surface area contributed by atoms with Crippen molar-refractivity contribution in [1.82, 2.24) is 10.3 Å². The Bertz CT molecular complexity index is 522. The van der Waals surface area contributed by atoms with Gasteiger partial charge in [0.15, 0.2) is 0 Å². The number of carboxylic acids is 1. The van der Waals surface area contributed by atoms with Crippen molar-refractivity contribution in [2.75, 3.05) is 0 Å². The summed E-state index contributed by atoms with van der Waals surface area (Å²) in [4.78, 5) is 27.6. The fourth-order valence-corrected chi connectivity index (χ4v) is 2.99. The van der Waals surface area contributed by atoms with Gasteiger partial charge in [-0.2, -0.15) is 0 Å². The summed E-state index contributed by atoms with van der Waals surface area (Å²) in [5, 5.41) is 12.1. The Morgan fingerprint density at radius 2 is 2.05 bits per heavy atom. The number of carboxylic acid groups (broad SMARTS) is 1. The second-order valence-electron chi connectivity index (χ2n) is 5.77. The first-order chi connectivity index (χ1) is 10.0. The number of rotatable bonds is 5. The van der Waals surface area contributed by atoms with Crippen LogP contribution >= 0.6 is 0 Å². The number of aryl methyl sites for hydroxylation is 1. The summed E-state index contributed by atoms with van der Waals surface area (Å²) in [5.74, 6) is -1.14. The summed E-state index contributed by atoms with van der Waals surface area (Å²) in [6.07, 6.45) is 6.89. The van der Waals surface area contributed by atoms with Crippen LogP contribution in [0.15, 0.2) is 18.3 Å². The smallest absolute Gasteiger partial charge is 0.305 e. The van der Waals surface area contributed by atoms with Gasteiger partial charge in [0.25, 0.3) is 5.91 Å². The average Bonchev–Trinajstić information content (AvgIpc) is 2.47. The van der Waals surface area contributed by atoms with E-state index in [1.807, 2.05) is 13.0 Å². The molecule has 0 bridgehead atoms. The van der Waals surface area contributed by atoms with Gasteiger partial charge in [-0.15, -0.1) is 0 Å². The quantitative estimate of drug-likeness (QED) is 0.873. The lowest BCUT2D eigenvalue weighted by molar-refractivity contribution is -0.139. The third kappa shape index (κ3) is 4.03. The minimum Gasteiger partial charge on any atom is -0.481 e. The van der Waals surface area contributed by atoms with Crippen molar-refractivity contribution in [2.45, 2.75) is 57.4 Å². The van der Waals surface area contributed by atoms with Crippen molar-refractivity contribution in [3.8, 4) is 0 Å². The number of pyridine rings is 1. The second-order valence-corrected chi connectivity index (χ2v) is 5.77. The maximum Gasteiger partial charge on any atom is 0.305 e. The zero-order valence-electron chi connectivity index (χ0n) is 12.4. The Balaban J connectivity index is 2.15. The van der Waals surface area contributed by atoms with Crippen LogP contribution < -0.4 is 5.32 Å². The lowest BCUT2D eigenvalue weighted by Gasteiger charge is -2.36. The largest absolute Gasteiger partial charge is 0.481 e. The van der Waals surface area contributed by atoms with Gasteiger partial charge in [-0.05, 0) is 37.0 Å². The molecule has 1 aromatic rings. The van der Waals surface area contributed by atoms with Crippen molar-refractivity contribution in [2.24, 2.45) is 0 Å². The number of nitrogens with zero attached hydrogens (tertiary/aromatic N) is 1. The van der Waals surface area contributed by atoms with Gasteiger partial charge in [-0.25, -0.2) is 0 Å². The van der Waals surface area contributed by atoms with E-state index >= 15 is 0 Å². The molecule has 0 atom stereocenters. The zero-order chi connectivity index (χ0) is 15.3. The molecule has 1 aliphatic carbocycles. The van der Waals surface area contributed by atoms with Gasteiger partial charge in [-0.1, -0.05) is 26.2 Å². The fourth-order valence-electron chi connectivity index (χ4n) is 2.99. The summed E-state index contributed by atoms with van der Waals surface area (Å²) in [5.41, 5.74) is 0.793. The van der Waals surface area contributed by atoms with Crippen LogP contribution in [0.1, 0.15) is 61.5 Å². The third-order valence-corrected chi connectivity index (χ3v) is 4.14. The Kier molecular flexibility index (Phi) is 4.94. The molecule has 114 valence electrons. The molecule has 1 aromatic heterocycles. The van der Waals surface area contributed by atoms with Crippen molar-refractivity contribution < 1.29 is 14.7 Å². The van der Waals surface area contributed by atoms with E-state index in [1.165, 1.54) is 0 Å². The first-order valence-corrected chi connectivity index (χ1v) is 7.54. The van der Waals surface area contributed by atoms with Gasteiger partial charge < -0.3 is 10.4 Å². The first-order valence-electron chi connectivity index (χ1n) is 7.54. The molecular weight excluding hydrogens is 268 g/mol. The fraction of sp³-hybridized carbons (Fsp3) is 0.562. The number of aliphatic carboxylic acids is 1. The SMILES string of the molecule is CCc1ccnc(C(=O)NC2(CC(=O)O)CCCCC2)c1. The summed E-state index contributed by atoms with van der Waals surface area (Å²) < 4.78 is 0. The van der Waals surface area contributed by atoms with E-state index in [0.29, 0.717) is 5.69 Å². The summed E-state index contributed by atoms with van der Waals surface area (Å²) >= 11 is 0. The predicted octanol–water partition coefficient (Wildman–Crippen LogP) is 2.55. The molecule has 0 saturated heterocycles. The number of aromatic nitrogens is 1. The van der Waals surface area contributed by atoms with Crippen molar-refractivity contribution in [1.29, 1.82) is 0 Å². The van der Waals surface area contributed by atoms with Crippen LogP contribution in [0.4, 0.5) is 0 Å². The molecule has 0 unspecified atom stereocenters. The van der Waals surface area contributed by atoms with Gasteiger partial charge in [0.2, 0.25) is 0 Å². The maximum atomic E-state index is 12.4. The topological polar surface area (TPSA) is 79.3 Å². The molecule has 21 heavy (non-hydrogen) atoms. The van der Waals surface area contributed by atoms with Gasteiger partial charge in [0.05, 0.1) is 12.0 Å². The number of hydrogen-bond donors (Lipinski definition) is 2. The van der Waals surface area contributed by atoms with Gasteiger partial charge in [-0.3, -0.25) is 14.6 Å². The summed E-state index contributed by atoms with van der Waals surface area (Å²) in [7, 11) is 0. The molecule has 1 fully saturated rings. The van der Waals surface area contributed by atoms with Crippen LogP contribution in [0.3, 0.4) is 0 Å². The van der Waals surface area contributed by atoms with Gasteiger partial charge in [0.1, 0.15) is 5.69 Å². The second kappa shape index (κ2) is 6.70. The number of amides is 1. The van der Waals surface area contributed by atoms with Crippen LogP contribution in [0.2, 0.25) is 0 Å². The molecule has 0 aromatic carbocycles. The molecule has 0 radical (unpaired) electrons. The highest BCUT2D eigenvalue weighted by atomic mass is 16.4. The van der Waals surface area contributed by atoms with Crippen LogP contribution in [-0.2, 0) is 11.2 Å². The average molecular weight is 290 g/mol. The molecule has 2 N–H and O–H groups in total.